The molecule has 2 N–H and O–H groups in total. The zero-order valence-corrected chi connectivity index (χ0v) is 10.3. The summed E-state index contributed by atoms with van der Waals surface area (Å²) < 4.78 is 0. The lowest BCUT2D eigenvalue weighted by atomic mass is 10.0. The number of hydrogen-bond acceptors (Lipinski definition) is 2. The molecular weight excluding hydrogens is 254 g/mol. The van der Waals surface area contributed by atoms with Gasteiger partial charge in [0, 0.05) is 17.8 Å². The van der Waals surface area contributed by atoms with Gasteiger partial charge in [0.2, 0.25) is 0 Å². The summed E-state index contributed by atoms with van der Waals surface area (Å²) in [5, 5.41) is 1.01. The van der Waals surface area contributed by atoms with Crippen LogP contribution in [0.5, 0.6) is 0 Å². The molecule has 5 heteroatoms. The number of hydrogen-bond donors (Lipinski definition) is 1. The Balaban J connectivity index is 3.01. The van der Waals surface area contributed by atoms with Crippen LogP contribution in [0.2, 0.25) is 15.2 Å². The highest BCUT2D eigenvalue weighted by Crippen LogP contribution is 2.34. The number of pyridine rings is 1. The maximum atomic E-state index is 5.99. The van der Waals surface area contributed by atoms with E-state index in [0.717, 1.165) is 12.8 Å². The highest BCUT2D eigenvalue weighted by Gasteiger charge is 2.16. The van der Waals surface area contributed by atoms with Crippen molar-refractivity contribution in [3.63, 3.8) is 0 Å². The van der Waals surface area contributed by atoms with Gasteiger partial charge in [0.25, 0.3) is 0 Å². The molecule has 0 spiro atoms. The van der Waals surface area contributed by atoms with Gasteiger partial charge in [-0.2, -0.15) is 0 Å². The van der Waals surface area contributed by atoms with Crippen LogP contribution >= 0.6 is 34.8 Å². The summed E-state index contributed by atoms with van der Waals surface area (Å²) >= 11 is 17.7. The van der Waals surface area contributed by atoms with Gasteiger partial charge in [-0.3, -0.25) is 0 Å². The predicted octanol–water partition coefficient (Wildman–Crippen LogP) is 4.01. The lowest BCUT2D eigenvalue weighted by molar-refractivity contribution is 0.661. The number of halogens is 3. The quantitative estimate of drug-likeness (QED) is 0.660. The monoisotopic (exact) mass is 264 g/mol. The summed E-state index contributed by atoms with van der Waals surface area (Å²) in [6, 6.07) is -0.247. The van der Waals surface area contributed by atoms with Crippen LogP contribution in [-0.4, -0.2) is 4.98 Å². The van der Waals surface area contributed by atoms with E-state index in [2.05, 4.69) is 11.6 Å². The van der Waals surface area contributed by atoms with Crippen molar-refractivity contribution in [3.8, 4) is 0 Å². The van der Waals surface area contributed by atoms with Crippen LogP contribution in [0.4, 0.5) is 0 Å². The summed E-state index contributed by atoms with van der Waals surface area (Å²) in [6.45, 7) is 3.63. The fourth-order valence-corrected chi connectivity index (χ4v) is 2.01. The van der Waals surface area contributed by atoms with Gasteiger partial charge in [0.15, 0.2) is 0 Å². The van der Waals surface area contributed by atoms with E-state index in [1.54, 1.807) is 6.08 Å². The fraction of sp³-hybridized carbons (Fsp3) is 0.300. The highest BCUT2D eigenvalue weighted by molar-refractivity contribution is 6.43. The third kappa shape index (κ3) is 3.08. The average Bonchev–Trinajstić information content (AvgIpc) is 2.21. The highest BCUT2D eigenvalue weighted by atomic mass is 35.5. The van der Waals surface area contributed by atoms with Gasteiger partial charge in [-0.1, -0.05) is 40.9 Å². The van der Waals surface area contributed by atoms with Crippen molar-refractivity contribution in [1.29, 1.82) is 0 Å². The van der Waals surface area contributed by atoms with Gasteiger partial charge < -0.3 is 5.73 Å². The number of aromatic nitrogens is 1. The van der Waals surface area contributed by atoms with Crippen molar-refractivity contribution in [2.75, 3.05) is 0 Å². The van der Waals surface area contributed by atoms with E-state index in [9.17, 15) is 0 Å². The number of nitrogens with two attached hydrogens (primary N) is 1. The van der Waals surface area contributed by atoms with E-state index >= 15 is 0 Å². The molecule has 0 bridgehead atoms. The second-order valence-electron chi connectivity index (χ2n) is 3.10. The molecule has 1 aromatic rings. The molecule has 0 amide bonds. The van der Waals surface area contributed by atoms with Gasteiger partial charge in [0.05, 0.1) is 10.0 Å². The summed E-state index contributed by atoms with van der Waals surface area (Å²) in [4.78, 5) is 3.83. The molecule has 1 rings (SSSR count). The lowest BCUT2D eigenvalue weighted by Crippen LogP contribution is -2.11. The van der Waals surface area contributed by atoms with E-state index in [-0.39, 0.29) is 11.2 Å². The topological polar surface area (TPSA) is 38.9 Å². The molecule has 0 fully saturated rings. The molecule has 82 valence electrons. The minimum Gasteiger partial charge on any atom is -0.324 e. The Morgan fingerprint density at radius 2 is 2.13 bits per heavy atom. The molecule has 0 aliphatic rings. The first kappa shape index (κ1) is 12.8. The smallest absolute Gasteiger partial charge is 0.148 e. The number of allylic oxidation sites excluding steroid dienone is 1. The Kier molecular flexibility index (Phi) is 4.87. The Morgan fingerprint density at radius 1 is 1.47 bits per heavy atom. The number of nitrogens with zero attached hydrogens (tertiary/aromatic N) is 1. The minimum atomic E-state index is -0.247. The van der Waals surface area contributed by atoms with Crippen molar-refractivity contribution in [3.05, 3.63) is 39.6 Å². The molecule has 0 unspecified atom stereocenters. The van der Waals surface area contributed by atoms with Crippen LogP contribution in [0.1, 0.15) is 24.4 Å². The first-order valence-corrected chi connectivity index (χ1v) is 5.57. The summed E-state index contributed by atoms with van der Waals surface area (Å²) in [7, 11) is 0. The third-order valence-electron chi connectivity index (χ3n) is 2.02. The van der Waals surface area contributed by atoms with Gasteiger partial charge in [0.1, 0.15) is 5.15 Å². The Morgan fingerprint density at radius 3 is 2.73 bits per heavy atom. The van der Waals surface area contributed by atoms with E-state index in [1.807, 2.05) is 0 Å². The van der Waals surface area contributed by atoms with E-state index in [4.69, 9.17) is 40.5 Å². The van der Waals surface area contributed by atoms with Crippen LogP contribution in [0, 0.1) is 0 Å². The molecule has 0 aliphatic heterocycles. The van der Waals surface area contributed by atoms with Crippen LogP contribution in [0.25, 0.3) is 0 Å². The molecule has 0 radical (unpaired) electrons. The Bertz CT molecular complexity index is 366. The summed E-state index contributed by atoms with van der Waals surface area (Å²) in [5.74, 6) is 0. The van der Waals surface area contributed by atoms with E-state index in [0.29, 0.717) is 15.6 Å². The van der Waals surface area contributed by atoms with Crippen LogP contribution in [0.3, 0.4) is 0 Å². The minimum absolute atomic E-state index is 0.227. The largest absolute Gasteiger partial charge is 0.324 e. The van der Waals surface area contributed by atoms with Gasteiger partial charge in [-0.05, 0) is 12.8 Å². The average molecular weight is 266 g/mol. The van der Waals surface area contributed by atoms with Gasteiger partial charge in [-0.15, -0.1) is 6.58 Å². The SMILES string of the molecule is C=CCC[C@H](N)c1c(Cl)cnc(Cl)c1Cl. The molecule has 1 aromatic heterocycles. The van der Waals surface area contributed by atoms with Gasteiger partial charge in [-0.25, -0.2) is 4.98 Å². The molecule has 15 heavy (non-hydrogen) atoms. The van der Waals surface area contributed by atoms with Crippen LogP contribution < -0.4 is 5.73 Å². The zero-order valence-electron chi connectivity index (χ0n) is 8.01. The third-order valence-corrected chi connectivity index (χ3v) is 3.09. The van der Waals surface area contributed by atoms with Gasteiger partial charge >= 0.3 is 0 Å². The summed E-state index contributed by atoms with van der Waals surface area (Å²) in [6.07, 6.45) is 4.78. The molecule has 0 aliphatic carbocycles. The molecule has 0 saturated heterocycles. The maximum Gasteiger partial charge on any atom is 0.148 e. The first-order valence-electron chi connectivity index (χ1n) is 4.43. The molecule has 1 heterocycles. The van der Waals surface area contributed by atoms with Crippen molar-refractivity contribution in [2.45, 2.75) is 18.9 Å². The molecule has 2 nitrogen and oxygen atoms in total. The molecule has 0 saturated carbocycles. The molecular formula is C10H11Cl3N2. The maximum absolute atomic E-state index is 5.99. The van der Waals surface area contributed by atoms with Crippen molar-refractivity contribution in [2.24, 2.45) is 5.73 Å². The van der Waals surface area contributed by atoms with Crippen molar-refractivity contribution in [1.82, 2.24) is 4.98 Å². The second kappa shape index (κ2) is 5.71. The Labute approximate surface area is 104 Å². The van der Waals surface area contributed by atoms with Crippen LogP contribution in [0.15, 0.2) is 18.9 Å². The fourth-order valence-electron chi connectivity index (χ4n) is 1.24. The van der Waals surface area contributed by atoms with Crippen molar-refractivity contribution < 1.29 is 0 Å². The zero-order chi connectivity index (χ0) is 11.4. The van der Waals surface area contributed by atoms with E-state index in [1.165, 1.54) is 6.20 Å². The standard InChI is InChI=1S/C10H11Cl3N2/c1-2-3-4-7(14)8-6(11)5-15-10(13)9(8)12/h2,5,7H,1,3-4,14H2/t7-/m0/s1. The van der Waals surface area contributed by atoms with Crippen LogP contribution in [-0.2, 0) is 0 Å². The number of rotatable bonds is 4. The normalized spacial score (nSPS) is 12.5. The lowest BCUT2D eigenvalue weighted by Gasteiger charge is -2.14. The van der Waals surface area contributed by atoms with E-state index < -0.39 is 0 Å². The predicted molar refractivity (Wildman–Crippen MR) is 65.6 cm³/mol. The molecule has 0 aromatic carbocycles. The summed E-state index contributed by atoms with van der Waals surface area (Å²) in [5.41, 5.74) is 6.60. The van der Waals surface area contributed by atoms with Crippen molar-refractivity contribution >= 4 is 34.8 Å². The first-order chi connectivity index (χ1) is 7.07. The molecule has 1 atom stereocenters. The second-order valence-corrected chi connectivity index (χ2v) is 4.24. The Hall–Kier alpha value is -0.280.